The summed E-state index contributed by atoms with van der Waals surface area (Å²) in [5.41, 5.74) is 0.737. The minimum absolute atomic E-state index is 0.0611. The van der Waals surface area contributed by atoms with E-state index in [1.165, 1.54) is 0 Å². The molecule has 0 aromatic heterocycles. The number of piperazine rings is 1. The van der Waals surface area contributed by atoms with Gasteiger partial charge in [0.1, 0.15) is 12.1 Å². The summed E-state index contributed by atoms with van der Waals surface area (Å²) in [7, 11) is 0. The minimum Gasteiger partial charge on any atom is -0.342 e. The van der Waals surface area contributed by atoms with Gasteiger partial charge in [0.15, 0.2) is 0 Å². The number of hydrogen-bond acceptors (Lipinski definition) is 2. The number of hydrogen-bond donors (Lipinski definition) is 1. The van der Waals surface area contributed by atoms with Crippen LogP contribution in [0.4, 0.5) is 5.69 Å². The summed E-state index contributed by atoms with van der Waals surface area (Å²) in [5.74, 6) is -0.114. The monoisotopic (exact) mass is 324 g/mol. The molecule has 19 heavy (non-hydrogen) atoms. The molecule has 2 rings (SSSR count). The lowest BCUT2D eigenvalue weighted by Crippen LogP contribution is -2.64. The molecule has 2 atom stereocenters. The number of benzene rings is 1. The zero-order chi connectivity index (χ0) is 14.2. The molecular formula is C14H17BrN2O2. The van der Waals surface area contributed by atoms with Crippen LogP contribution in [0.3, 0.4) is 0 Å². The number of carbonyl (C=O) groups is 2. The van der Waals surface area contributed by atoms with Gasteiger partial charge in [0.05, 0.1) is 5.69 Å². The normalized spacial score (nSPS) is 23.7. The van der Waals surface area contributed by atoms with Crippen LogP contribution in [0.5, 0.6) is 0 Å². The largest absolute Gasteiger partial charge is 0.342 e. The number of rotatable bonds is 2. The molecule has 1 aliphatic rings. The zero-order valence-electron chi connectivity index (χ0n) is 11.2. The van der Waals surface area contributed by atoms with Gasteiger partial charge in [-0.15, -0.1) is 0 Å². The second-order valence-corrected chi connectivity index (χ2v) is 5.92. The Morgan fingerprint density at radius 1 is 1.26 bits per heavy atom. The van der Waals surface area contributed by atoms with E-state index in [9.17, 15) is 9.59 Å². The van der Waals surface area contributed by atoms with Crippen molar-refractivity contribution < 1.29 is 9.59 Å². The standard InChI is InChI=1S/C14H17BrN2O2/c1-8(2)12-14(19)17(9(3)13(18)16-12)11-7-5-4-6-10(11)15/h4-9,12H,1-3H3,(H,16,18). The van der Waals surface area contributed by atoms with E-state index in [1.807, 2.05) is 38.1 Å². The molecule has 0 aliphatic carbocycles. The molecule has 5 heteroatoms. The van der Waals surface area contributed by atoms with Crippen LogP contribution >= 0.6 is 15.9 Å². The van der Waals surface area contributed by atoms with Crippen molar-refractivity contribution in [2.75, 3.05) is 4.90 Å². The Morgan fingerprint density at radius 2 is 1.89 bits per heavy atom. The van der Waals surface area contributed by atoms with Gasteiger partial charge in [-0.05, 0) is 40.9 Å². The Bertz CT molecular complexity index is 516. The molecule has 1 heterocycles. The lowest BCUT2D eigenvalue weighted by molar-refractivity contribution is -0.134. The topological polar surface area (TPSA) is 49.4 Å². The van der Waals surface area contributed by atoms with Gasteiger partial charge < -0.3 is 5.32 Å². The molecule has 1 aliphatic heterocycles. The number of anilines is 1. The van der Waals surface area contributed by atoms with Gasteiger partial charge in [-0.2, -0.15) is 0 Å². The van der Waals surface area contributed by atoms with Gasteiger partial charge in [-0.25, -0.2) is 0 Å². The maximum absolute atomic E-state index is 12.6. The molecule has 1 N–H and O–H groups in total. The highest BCUT2D eigenvalue weighted by Crippen LogP contribution is 2.30. The van der Waals surface area contributed by atoms with Crippen LogP contribution < -0.4 is 10.2 Å². The maximum atomic E-state index is 12.6. The smallest absolute Gasteiger partial charge is 0.250 e. The fourth-order valence-corrected chi connectivity index (χ4v) is 2.70. The quantitative estimate of drug-likeness (QED) is 0.907. The van der Waals surface area contributed by atoms with Crippen LogP contribution in [0.1, 0.15) is 20.8 Å². The second-order valence-electron chi connectivity index (χ2n) is 5.07. The SMILES string of the molecule is CC(C)C1NC(=O)C(C)N(c2ccccc2Br)C1=O. The minimum atomic E-state index is -0.499. The highest BCUT2D eigenvalue weighted by Gasteiger charge is 2.40. The van der Waals surface area contributed by atoms with Crippen molar-refractivity contribution in [2.45, 2.75) is 32.9 Å². The van der Waals surface area contributed by atoms with Crippen molar-refractivity contribution in [1.29, 1.82) is 0 Å². The lowest BCUT2D eigenvalue weighted by atomic mass is 9.98. The van der Waals surface area contributed by atoms with Crippen LogP contribution in [-0.4, -0.2) is 23.9 Å². The van der Waals surface area contributed by atoms with E-state index in [1.54, 1.807) is 11.8 Å². The fraction of sp³-hybridized carbons (Fsp3) is 0.429. The third-order valence-corrected chi connectivity index (χ3v) is 4.02. The Hall–Kier alpha value is -1.36. The predicted octanol–water partition coefficient (Wildman–Crippen LogP) is 2.33. The highest BCUT2D eigenvalue weighted by atomic mass is 79.9. The number of nitrogens with zero attached hydrogens (tertiary/aromatic N) is 1. The van der Waals surface area contributed by atoms with E-state index in [0.29, 0.717) is 0 Å². The summed E-state index contributed by atoms with van der Waals surface area (Å²) in [6, 6.07) is 6.49. The molecule has 0 radical (unpaired) electrons. The third kappa shape index (κ3) is 2.52. The number of halogens is 1. The van der Waals surface area contributed by atoms with Gasteiger partial charge in [0, 0.05) is 4.47 Å². The van der Waals surface area contributed by atoms with Crippen molar-refractivity contribution in [1.82, 2.24) is 5.32 Å². The molecule has 1 aromatic rings. The Balaban J connectivity index is 2.44. The van der Waals surface area contributed by atoms with Crippen molar-refractivity contribution in [2.24, 2.45) is 5.92 Å². The maximum Gasteiger partial charge on any atom is 0.250 e. The predicted molar refractivity (Wildman–Crippen MR) is 77.9 cm³/mol. The number of para-hydroxylation sites is 1. The third-order valence-electron chi connectivity index (χ3n) is 3.35. The van der Waals surface area contributed by atoms with Gasteiger partial charge in [0.2, 0.25) is 5.91 Å². The van der Waals surface area contributed by atoms with Crippen LogP contribution in [0.15, 0.2) is 28.7 Å². The molecule has 0 bridgehead atoms. The summed E-state index contributed by atoms with van der Waals surface area (Å²) in [4.78, 5) is 26.2. The molecule has 4 nitrogen and oxygen atoms in total. The second kappa shape index (κ2) is 5.33. The average Bonchev–Trinajstić information content (AvgIpc) is 2.36. The first-order valence-corrected chi connectivity index (χ1v) is 7.10. The average molecular weight is 325 g/mol. The van der Waals surface area contributed by atoms with E-state index in [-0.39, 0.29) is 17.7 Å². The zero-order valence-corrected chi connectivity index (χ0v) is 12.8. The Labute approximate surface area is 121 Å². The summed E-state index contributed by atoms with van der Waals surface area (Å²) >= 11 is 3.44. The molecule has 102 valence electrons. The van der Waals surface area contributed by atoms with Gasteiger partial charge in [-0.1, -0.05) is 26.0 Å². The van der Waals surface area contributed by atoms with Crippen LogP contribution in [0.25, 0.3) is 0 Å². The van der Waals surface area contributed by atoms with Crippen molar-refractivity contribution in [3.05, 3.63) is 28.7 Å². The highest BCUT2D eigenvalue weighted by molar-refractivity contribution is 9.10. The van der Waals surface area contributed by atoms with Gasteiger partial charge in [-0.3, -0.25) is 14.5 Å². The van der Waals surface area contributed by atoms with E-state index in [0.717, 1.165) is 10.2 Å². The van der Waals surface area contributed by atoms with E-state index >= 15 is 0 Å². The summed E-state index contributed by atoms with van der Waals surface area (Å²) in [5, 5.41) is 2.79. The molecule has 0 saturated carbocycles. The van der Waals surface area contributed by atoms with Gasteiger partial charge in [0.25, 0.3) is 5.91 Å². The fourth-order valence-electron chi connectivity index (χ4n) is 2.22. The first-order valence-electron chi connectivity index (χ1n) is 6.31. The van der Waals surface area contributed by atoms with Crippen LogP contribution in [0, 0.1) is 5.92 Å². The molecule has 1 fully saturated rings. The molecule has 1 aromatic carbocycles. The van der Waals surface area contributed by atoms with Crippen LogP contribution in [0.2, 0.25) is 0 Å². The molecular weight excluding hydrogens is 308 g/mol. The lowest BCUT2D eigenvalue weighted by Gasteiger charge is -2.39. The molecule has 0 spiro atoms. The van der Waals surface area contributed by atoms with E-state index < -0.39 is 12.1 Å². The summed E-state index contributed by atoms with van der Waals surface area (Å²) < 4.78 is 0.812. The number of carbonyl (C=O) groups excluding carboxylic acids is 2. The summed E-state index contributed by atoms with van der Waals surface area (Å²) in [6.45, 7) is 5.59. The van der Waals surface area contributed by atoms with E-state index in [2.05, 4.69) is 21.2 Å². The molecule has 1 saturated heterocycles. The molecule has 2 unspecified atom stereocenters. The van der Waals surface area contributed by atoms with Crippen molar-refractivity contribution in [3.63, 3.8) is 0 Å². The number of amides is 2. The first kappa shape index (κ1) is 14.1. The number of nitrogens with one attached hydrogen (secondary N) is 1. The molecule has 2 amide bonds. The van der Waals surface area contributed by atoms with Crippen molar-refractivity contribution >= 4 is 33.4 Å². The van der Waals surface area contributed by atoms with Crippen molar-refractivity contribution in [3.8, 4) is 0 Å². The van der Waals surface area contributed by atoms with Crippen LogP contribution in [-0.2, 0) is 9.59 Å². The Morgan fingerprint density at radius 3 is 2.47 bits per heavy atom. The Kier molecular flexibility index (Phi) is 3.94. The summed E-state index contributed by atoms with van der Waals surface area (Å²) in [6.07, 6.45) is 0. The first-order chi connectivity index (χ1) is 8.93. The van der Waals surface area contributed by atoms with Gasteiger partial charge >= 0.3 is 0 Å². The van der Waals surface area contributed by atoms with E-state index in [4.69, 9.17) is 0 Å².